The largest absolute Gasteiger partial charge is 0.384 e. The summed E-state index contributed by atoms with van der Waals surface area (Å²) in [5.41, 5.74) is -0.328. The van der Waals surface area contributed by atoms with Gasteiger partial charge in [0.05, 0.1) is 12.6 Å². The third-order valence-electron chi connectivity index (χ3n) is 4.27. The first-order valence-electron chi connectivity index (χ1n) is 8.20. The Balaban J connectivity index is 1.58. The SMILES string of the molecule is Cc1cnc([C@H](NC(=O)NC[C@@](C)(O)c2ccccc2)C2CC2)s1. The summed E-state index contributed by atoms with van der Waals surface area (Å²) in [5, 5.41) is 17.3. The molecule has 1 fully saturated rings. The van der Waals surface area contributed by atoms with Gasteiger partial charge in [0.2, 0.25) is 0 Å². The predicted octanol–water partition coefficient (Wildman–Crippen LogP) is 3.11. The number of urea groups is 1. The molecule has 1 aliphatic rings. The number of rotatable bonds is 6. The number of hydrogen-bond donors (Lipinski definition) is 3. The number of thiazole rings is 1. The first kappa shape index (κ1) is 16.9. The van der Waals surface area contributed by atoms with E-state index >= 15 is 0 Å². The van der Waals surface area contributed by atoms with Crippen LogP contribution >= 0.6 is 11.3 Å². The van der Waals surface area contributed by atoms with Gasteiger partial charge in [0.25, 0.3) is 0 Å². The number of carbonyl (C=O) groups excluding carboxylic acids is 1. The van der Waals surface area contributed by atoms with E-state index in [1.54, 1.807) is 18.3 Å². The van der Waals surface area contributed by atoms with Gasteiger partial charge in [-0.05, 0) is 38.2 Å². The van der Waals surface area contributed by atoms with Gasteiger partial charge in [-0.15, -0.1) is 11.3 Å². The number of hydrogen-bond acceptors (Lipinski definition) is 4. The third kappa shape index (κ3) is 4.13. The zero-order valence-corrected chi connectivity index (χ0v) is 14.8. The topological polar surface area (TPSA) is 74.2 Å². The number of amides is 2. The van der Waals surface area contributed by atoms with Crippen LogP contribution in [-0.4, -0.2) is 22.7 Å². The predicted molar refractivity (Wildman–Crippen MR) is 94.9 cm³/mol. The molecule has 0 spiro atoms. The van der Waals surface area contributed by atoms with Crippen LogP contribution in [0.25, 0.3) is 0 Å². The van der Waals surface area contributed by atoms with E-state index in [1.165, 1.54) is 0 Å². The zero-order chi connectivity index (χ0) is 17.2. The molecule has 6 heteroatoms. The van der Waals surface area contributed by atoms with E-state index in [0.717, 1.165) is 28.3 Å². The maximum absolute atomic E-state index is 12.3. The Morgan fingerprint density at radius 1 is 1.42 bits per heavy atom. The molecule has 24 heavy (non-hydrogen) atoms. The lowest BCUT2D eigenvalue weighted by Gasteiger charge is -2.25. The van der Waals surface area contributed by atoms with Crippen LogP contribution in [0.1, 0.15) is 41.3 Å². The molecule has 0 saturated heterocycles. The Morgan fingerprint density at radius 2 is 2.12 bits per heavy atom. The van der Waals surface area contributed by atoms with E-state index in [-0.39, 0.29) is 18.6 Å². The number of benzene rings is 1. The van der Waals surface area contributed by atoms with Crippen LogP contribution in [0.2, 0.25) is 0 Å². The van der Waals surface area contributed by atoms with Crippen molar-refractivity contribution in [1.82, 2.24) is 15.6 Å². The average Bonchev–Trinajstić information content (AvgIpc) is 3.33. The maximum atomic E-state index is 12.3. The highest BCUT2D eigenvalue weighted by molar-refractivity contribution is 7.11. The van der Waals surface area contributed by atoms with Crippen LogP contribution in [0, 0.1) is 12.8 Å². The fourth-order valence-electron chi connectivity index (χ4n) is 2.67. The van der Waals surface area contributed by atoms with Crippen LogP contribution < -0.4 is 10.6 Å². The summed E-state index contributed by atoms with van der Waals surface area (Å²) >= 11 is 1.62. The summed E-state index contributed by atoms with van der Waals surface area (Å²) in [6, 6.07) is 9.04. The molecule has 128 valence electrons. The second-order valence-corrected chi connectivity index (χ2v) is 7.86. The van der Waals surface area contributed by atoms with Crippen LogP contribution in [0.5, 0.6) is 0 Å². The molecule has 2 aromatic rings. The highest BCUT2D eigenvalue weighted by Gasteiger charge is 2.35. The van der Waals surface area contributed by atoms with Gasteiger partial charge in [0, 0.05) is 11.1 Å². The van der Waals surface area contributed by atoms with E-state index in [9.17, 15) is 9.90 Å². The summed E-state index contributed by atoms with van der Waals surface area (Å²) < 4.78 is 0. The van der Waals surface area contributed by atoms with Gasteiger partial charge in [-0.2, -0.15) is 0 Å². The number of aryl methyl sites for hydroxylation is 1. The lowest BCUT2D eigenvalue weighted by molar-refractivity contribution is 0.0592. The van der Waals surface area contributed by atoms with Crippen molar-refractivity contribution in [2.45, 2.75) is 38.3 Å². The molecule has 2 amide bonds. The van der Waals surface area contributed by atoms with Crippen LogP contribution in [0.4, 0.5) is 4.79 Å². The van der Waals surface area contributed by atoms with Gasteiger partial charge < -0.3 is 15.7 Å². The number of aromatic nitrogens is 1. The molecule has 2 atom stereocenters. The van der Waals surface area contributed by atoms with Crippen molar-refractivity contribution in [2.75, 3.05) is 6.54 Å². The maximum Gasteiger partial charge on any atom is 0.315 e. The van der Waals surface area contributed by atoms with Gasteiger partial charge in [-0.1, -0.05) is 30.3 Å². The molecule has 3 rings (SSSR count). The summed E-state index contributed by atoms with van der Waals surface area (Å²) in [5.74, 6) is 0.468. The van der Waals surface area contributed by atoms with Crippen molar-refractivity contribution in [3.63, 3.8) is 0 Å². The van der Waals surface area contributed by atoms with E-state index in [2.05, 4.69) is 15.6 Å². The Kier molecular flexibility index (Phi) is 4.87. The molecule has 0 aliphatic heterocycles. The Labute approximate surface area is 146 Å². The lowest BCUT2D eigenvalue weighted by atomic mass is 9.96. The average molecular weight is 345 g/mol. The molecule has 0 bridgehead atoms. The summed E-state index contributed by atoms with van der Waals surface area (Å²) in [7, 11) is 0. The minimum Gasteiger partial charge on any atom is -0.384 e. The Hall–Kier alpha value is -1.92. The van der Waals surface area contributed by atoms with E-state index in [1.807, 2.05) is 43.5 Å². The van der Waals surface area contributed by atoms with Gasteiger partial charge in [-0.25, -0.2) is 9.78 Å². The van der Waals surface area contributed by atoms with Crippen LogP contribution in [-0.2, 0) is 5.60 Å². The fourth-order valence-corrected chi connectivity index (χ4v) is 3.59. The standard InChI is InChI=1S/C18H23N3O2S/c1-12-10-19-16(24-12)15(13-8-9-13)21-17(22)20-11-18(2,23)14-6-4-3-5-7-14/h3-7,10,13,15,23H,8-9,11H2,1-2H3,(H2,20,21,22)/t15-,18-/m1/s1. The van der Waals surface area contributed by atoms with Gasteiger partial charge >= 0.3 is 6.03 Å². The molecule has 3 N–H and O–H groups in total. The molecular formula is C18H23N3O2S. The third-order valence-corrected chi connectivity index (χ3v) is 5.27. The monoisotopic (exact) mass is 345 g/mol. The lowest BCUT2D eigenvalue weighted by Crippen LogP contribution is -2.44. The van der Waals surface area contributed by atoms with E-state index < -0.39 is 5.60 Å². The highest BCUT2D eigenvalue weighted by Crippen LogP contribution is 2.42. The molecule has 5 nitrogen and oxygen atoms in total. The minimum absolute atomic E-state index is 0.0367. The number of aliphatic hydroxyl groups is 1. The minimum atomic E-state index is -1.11. The first-order valence-corrected chi connectivity index (χ1v) is 9.02. The second kappa shape index (κ2) is 6.91. The van der Waals surface area contributed by atoms with Crippen molar-refractivity contribution in [2.24, 2.45) is 5.92 Å². The normalized spacial score (nSPS) is 17.8. The first-order chi connectivity index (χ1) is 11.5. The van der Waals surface area contributed by atoms with Gasteiger partial charge in [-0.3, -0.25) is 0 Å². The molecule has 1 aliphatic carbocycles. The Bertz CT molecular complexity index is 695. The number of nitrogens with one attached hydrogen (secondary N) is 2. The van der Waals surface area contributed by atoms with Crippen molar-refractivity contribution in [3.05, 3.63) is 52.0 Å². The molecule has 0 radical (unpaired) electrons. The van der Waals surface area contributed by atoms with Crippen molar-refractivity contribution in [1.29, 1.82) is 0 Å². The fraction of sp³-hybridized carbons (Fsp3) is 0.444. The second-order valence-electron chi connectivity index (χ2n) is 6.59. The molecular weight excluding hydrogens is 322 g/mol. The number of nitrogens with zero attached hydrogens (tertiary/aromatic N) is 1. The van der Waals surface area contributed by atoms with Crippen LogP contribution in [0.3, 0.4) is 0 Å². The molecule has 0 unspecified atom stereocenters. The number of carbonyl (C=O) groups is 1. The molecule has 1 aromatic carbocycles. The van der Waals surface area contributed by atoms with Crippen molar-refractivity contribution >= 4 is 17.4 Å². The van der Waals surface area contributed by atoms with E-state index in [0.29, 0.717) is 5.92 Å². The highest BCUT2D eigenvalue weighted by atomic mass is 32.1. The van der Waals surface area contributed by atoms with Gasteiger partial charge in [0.15, 0.2) is 0 Å². The summed E-state index contributed by atoms with van der Waals surface area (Å²) in [6.07, 6.45) is 4.08. The molecule has 1 heterocycles. The smallest absolute Gasteiger partial charge is 0.315 e. The summed E-state index contributed by atoms with van der Waals surface area (Å²) in [6.45, 7) is 3.87. The van der Waals surface area contributed by atoms with Crippen molar-refractivity contribution < 1.29 is 9.90 Å². The molecule has 1 aromatic heterocycles. The van der Waals surface area contributed by atoms with Crippen LogP contribution in [0.15, 0.2) is 36.5 Å². The van der Waals surface area contributed by atoms with E-state index in [4.69, 9.17) is 0 Å². The Morgan fingerprint density at radius 3 is 2.71 bits per heavy atom. The zero-order valence-electron chi connectivity index (χ0n) is 14.0. The quantitative estimate of drug-likeness (QED) is 0.753. The summed E-state index contributed by atoms with van der Waals surface area (Å²) in [4.78, 5) is 17.8. The van der Waals surface area contributed by atoms with Crippen molar-refractivity contribution in [3.8, 4) is 0 Å². The molecule has 1 saturated carbocycles. The van der Waals surface area contributed by atoms with Gasteiger partial charge in [0.1, 0.15) is 10.6 Å².